The molecule has 0 heterocycles. The third-order valence-corrected chi connectivity index (χ3v) is 3.67. The summed E-state index contributed by atoms with van der Waals surface area (Å²) in [6.45, 7) is 2.98. The van der Waals surface area contributed by atoms with E-state index in [0.29, 0.717) is 6.04 Å². The average Bonchev–Trinajstić information content (AvgIpc) is 2.83. The molecule has 17 heavy (non-hydrogen) atoms. The Morgan fingerprint density at radius 3 is 2.53 bits per heavy atom. The lowest BCUT2D eigenvalue weighted by atomic mass is 10.0. The van der Waals surface area contributed by atoms with Gasteiger partial charge in [0.1, 0.15) is 0 Å². The van der Waals surface area contributed by atoms with Crippen molar-refractivity contribution in [2.75, 3.05) is 6.54 Å². The second-order valence-electron chi connectivity index (χ2n) is 5.15. The zero-order chi connectivity index (χ0) is 12.1. The van der Waals surface area contributed by atoms with Gasteiger partial charge in [0, 0.05) is 6.04 Å². The van der Waals surface area contributed by atoms with Crippen molar-refractivity contribution in [2.24, 2.45) is 0 Å². The van der Waals surface area contributed by atoms with Gasteiger partial charge in [0.15, 0.2) is 0 Å². The van der Waals surface area contributed by atoms with Crippen molar-refractivity contribution in [1.29, 1.82) is 0 Å². The standard InChI is InChI=1S/C15H23NO/c1-12-6-8-13(9-7-12)15(17)10-11-16-14-4-2-3-5-14/h6-9,14-17H,2-5,10-11H2,1H3. The smallest absolute Gasteiger partial charge is 0.0802 e. The minimum absolute atomic E-state index is 0.329. The lowest BCUT2D eigenvalue weighted by Gasteiger charge is -2.15. The molecular formula is C15H23NO. The third kappa shape index (κ3) is 3.83. The molecule has 0 spiro atoms. The van der Waals surface area contributed by atoms with Crippen molar-refractivity contribution in [2.45, 2.75) is 51.2 Å². The fourth-order valence-corrected chi connectivity index (χ4v) is 2.51. The largest absolute Gasteiger partial charge is 0.388 e. The van der Waals surface area contributed by atoms with E-state index >= 15 is 0 Å². The summed E-state index contributed by atoms with van der Waals surface area (Å²) in [7, 11) is 0. The Morgan fingerprint density at radius 1 is 1.24 bits per heavy atom. The van der Waals surface area contributed by atoms with Crippen LogP contribution in [0.25, 0.3) is 0 Å². The first-order chi connectivity index (χ1) is 8.25. The van der Waals surface area contributed by atoms with Crippen LogP contribution in [-0.4, -0.2) is 17.7 Å². The van der Waals surface area contributed by atoms with Gasteiger partial charge in [-0.1, -0.05) is 42.7 Å². The number of nitrogens with one attached hydrogen (secondary N) is 1. The van der Waals surface area contributed by atoms with E-state index in [1.807, 2.05) is 12.1 Å². The van der Waals surface area contributed by atoms with Gasteiger partial charge >= 0.3 is 0 Å². The fraction of sp³-hybridized carbons (Fsp3) is 0.600. The average molecular weight is 233 g/mol. The molecule has 0 aromatic heterocycles. The number of benzene rings is 1. The van der Waals surface area contributed by atoms with Gasteiger partial charge in [-0.2, -0.15) is 0 Å². The molecular weight excluding hydrogens is 210 g/mol. The molecule has 2 rings (SSSR count). The van der Waals surface area contributed by atoms with Crippen LogP contribution in [0.3, 0.4) is 0 Å². The van der Waals surface area contributed by atoms with Crippen LogP contribution in [0, 0.1) is 6.92 Å². The summed E-state index contributed by atoms with van der Waals surface area (Å²) < 4.78 is 0. The molecule has 1 aromatic rings. The first-order valence-corrected chi connectivity index (χ1v) is 6.74. The molecule has 0 radical (unpaired) electrons. The molecule has 1 aromatic carbocycles. The Morgan fingerprint density at radius 2 is 1.88 bits per heavy atom. The highest BCUT2D eigenvalue weighted by Crippen LogP contribution is 2.19. The van der Waals surface area contributed by atoms with E-state index in [-0.39, 0.29) is 6.10 Å². The summed E-state index contributed by atoms with van der Waals surface area (Å²) in [6, 6.07) is 8.86. The van der Waals surface area contributed by atoms with E-state index in [0.717, 1.165) is 18.5 Å². The maximum atomic E-state index is 10.0. The molecule has 0 bridgehead atoms. The van der Waals surface area contributed by atoms with Gasteiger partial charge in [-0.05, 0) is 38.3 Å². The van der Waals surface area contributed by atoms with E-state index in [9.17, 15) is 5.11 Å². The van der Waals surface area contributed by atoms with Crippen LogP contribution in [0.2, 0.25) is 0 Å². The lowest BCUT2D eigenvalue weighted by Crippen LogP contribution is -2.27. The quantitative estimate of drug-likeness (QED) is 0.819. The zero-order valence-electron chi connectivity index (χ0n) is 10.7. The molecule has 2 nitrogen and oxygen atoms in total. The Labute approximate surface area is 104 Å². The van der Waals surface area contributed by atoms with Gasteiger partial charge in [0.2, 0.25) is 0 Å². The first kappa shape index (κ1) is 12.6. The summed E-state index contributed by atoms with van der Waals surface area (Å²) in [4.78, 5) is 0. The number of rotatable bonds is 5. The first-order valence-electron chi connectivity index (χ1n) is 6.74. The number of hydrogen-bond acceptors (Lipinski definition) is 2. The predicted molar refractivity (Wildman–Crippen MR) is 71.0 cm³/mol. The van der Waals surface area contributed by atoms with Gasteiger partial charge < -0.3 is 10.4 Å². The maximum Gasteiger partial charge on any atom is 0.0802 e. The number of aliphatic hydroxyl groups excluding tert-OH is 1. The van der Waals surface area contributed by atoms with Crippen LogP contribution in [0.1, 0.15) is 49.3 Å². The van der Waals surface area contributed by atoms with Crippen LogP contribution >= 0.6 is 0 Å². The topological polar surface area (TPSA) is 32.3 Å². The van der Waals surface area contributed by atoms with Crippen molar-refractivity contribution in [3.05, 3.63) is 35.4 Å². The molecule has 1 atom stereocenters. The minimum atomic E-state index is -0.329. The van der Waals surface area contributed by atoms with Crippen LogP contribution < -0.4 is 5.32 Å². The number of aryl methyl sites for hydroxylation is 1. The molecule has 1 aliphatic rings. The summed E-state index contributed by atoms with van der Waals surface area (Å²) in [5.74, 6) is 0. The second kappa shape index (κ2) is 6.18. The highest BCUT2D eigenvalue weighted by Gasteiger charge is 2.14. The Hall–Kier alpha value is -0.860. The molecule has 2 N–H and O–H groups in total. The van der Waals surface area contributed by atoms with Gasteiger partial charge in [-0.3, -0.25) is 0 Å². The van der Waals surface area contributed by atoms with E-state index in [1.165, 1.54) is 31.2 Å². The van der Waals surface area contributed by atoms with E-state index < -0.39 is 0 Å². The molecule has 0 amide bonds. The highest BCUT2D eigenvalue weighted by atomic mass is 16.3. The van der Waals surface area contributed by atoms with Crippen molar-refractivity contribution >= 4 is 0 Å². The molecule has 94 valence electrons. The second-order valence-corrected chi connectivity index (χ2v) is 5.15. The molecule has 0 aliphatic heterocycles. The highest BCUT2D eigenvalue weighted by molar-refractivity contribution is 5.22. The summed E-state index contributed by atoms with van der Waals surface area (Å²) >= 11 is 0. The van der Waals surface area contributed by atoms with Crippen molar-refractivity contribution in [3.63, 3.8) is 0 Å². The van der Waals surface area contributed by atoms with Crippen LogP contribution in [0.5, 0.6) is 0 Å². The molecule has 1 saturated carbocycles. The van der Waals surface area contributed by atoms with Crippen molar-refractivity contribution in [1.82, 2.24) is 5.32 Å². The predicted octanol–water partition coefficient (Wildman–Crippen LogP) is 2.95. The Bertz CT molecular complexity index is 327. The Balaban J connectivity index is 1.72. The minimum Gasteiger partial charge on any atom is -0.388 e. The van der Waals surface area contributed by atoms with Crippen LogP contribution in [0.15, 0.2) is 24.3 Å². The van der Waals surface area contributed by atoms with E-state index in [1.54, 1.807) is 0 Å². The maximum absolute atomic E-state index is 10.0. The summed E-state index contributed by atoms with van der Waals surface area (Å²) in [6.07, 6.45) is 5.81. The van der Waals surface area contributed by atoms with Crippen molar-refractivity contribution in [3.8, 4) is 0 Å². The number of aliphatic hydroxyl groups is 1. The lowest BCUT2D eigenvalue weighted by molar-refractivity contribution is 0.165. The van der Waals surface area contributed by atoms with E-state index in [4.69, 9.17) is 0 Å². The van der Waals surface area contributed by atoms with Gasteiger partial charge in [0.05, 0.1) is 6.10 Å². The monoisotopic (exact) mass is 233 g/mol. The van der Waals surface area contributed by atoms with Gasteiger partial charge in [-0.15, -0.1) is 0 Å². The molecule has 1 unspecified atom stereocenters. The molecule has 2 heteroatoms. The summed E-state index contributed by atoms with van der Waals surface area (Å²) in [5, 5.41) is 13.6. The Kier molecular flexibility index (Phi) is 4.57. The summed E-state index contributed by atoms with van der Waals surface area (Å²) in [5.41, 5.74) is 2.27. The van der Waals surface area contributed by atoms with Crippen molar-refractivity contribution < 1.29 is 5.11 Å². The normalized spacial score (nSPS) is 18.5. The molecule has 0 saturated heterocycles. The van der Waals surface area contributed by atoms with Crippen LogP contribution in [-0.2, 0) is 0 Å². The molecule has 1 aliphatic carbocycles. The van der Waals surface area contributed by atoms with Crippen LogP contribution in [0.4, 0.5) is 0 Å². The SMILES string of the molecule is Cc1ccc(C(O)CCNC2CCCC2)cc1. The third-order valence-electron chi connectivity index (χ3n) is 3.67. The number of hydrogen-bond donors (Lipinski definition) is 2. The van der Waals surface area contributed by atoms with Gasteiger partial charge in [-0.25, -0.2) is 0 Å². The zero-order valence-corrected chi connectivity index (χ0v) is 10.7. The molecule has 1 fully saturated rings. The van der Waals surface area contributed by atoms with E-state index in [2.05, 4.69) is 24.4 Å². The van der Waals surface area contributed by atoms with Gasteiger partial charge in [0.25, 0.3) is 0 Å². The fourth-order valence-electron chi connectivity index (χ4n) is 2.51.